The van der Waals surface area contributed by atoms with Crippen LogP contribution in [0.15, 0.2) is 48.5 Å². The minimum atomic E-state index is -0.230. The molecule has 2 aromatic carbocycles. The third kappa shape index (κ3) is 2.47. The predicted octanol–water partition coefficient (Wildman–Crippen LogP) is 4.28. The van der Waals surface area contributed by atoms with Gasteiger partial charge in [0.1, 0.15) is 0 Å². The number of fused-ring (bicyclic) bond motifs is 3. The molecule has 0 saturated carbocycles. The van der Waals surface area contributed by atoms with Crippen molar-refractivity contribution in [1.29, 1.82) is 0 Å². The number of benzene rings is 2. The van der Waals surface area contributed by atoms with Crippen LogP contribution in [-0.2, 0) is 4.74 Å². The summed E-state index contributed by atoms with van der Waals surface area (Å²) in [7, 11) is 0. The molecule has 0 aromatic heterocycles. The fraction of sp³-hybridized carbons (Fsp3) is 0.316. The van der Waals surface area contributed by atoms with Crippen molar-refractivity contribution in [3.05, 3.63) is 59.7 Å². The molecule has 3 heteroatoms. The van der Waals surface area contributed by atoms with E-state index in [1.165, 1.54) is 22.3 Å². The van der Waals surface area contributed by atoms with Gasteiger partial charge < -0.3 is 9.64 Å². The summed E-state index contributed by atoms with van der Waals surface area (Å²) in [6.07, 6.45) is -0.230. The summed E-state index contributed by atoms with van der Waals surface area (Å²) in [5.74, 6) is 0.219. The van der Waals surface area contributed by atoms with Gasteiger partial charge in [-0.05, 0) is 36.1 Å². The summed E-state index contributed by atoms with van der Waals surface area (Å²) in [4.78, 5) is 13.9. The predicted molar refractivity (Wildman–Crippen MR) is 88.0 cm³/mol. The first-order valence-corrected chi connectivity index (χ1v) is 7.86. The first-order valence-electron chi connectivity index (χ1n) is 7.86. The van der Waals surface area contributed by atoms with Gasteiger partial charge in [0, 0.05) is 19.0 Å². The molecule has 0 aliphatic heterocycles. The molecule has 0 spiro atoms. The Kier molecular flexibility index (Phi) is 4.14. The van der Waals surface area contributed by atoms with Crippen molar-refractivity contribution in [2.24, 2.45) is 0 Å². The van der Waals surface area contributed by atoms with E-state index in [0.717, 1.165) is 0 Å². The zero-order valence-corrected chi connectivity index (χ0v) is 13.1. The second-order valence-electron chi connectivity index (χ2n) is 5.46. The molecule has 2 aromatic rings. The van der Waals surface area contributed by atoms with Crippen molar-refractivity contribution < 1.29 is 9.53 Å². The van der Waals surface area contributed by atoms with Crippen LogP contribution in [0, 0.1) is 0 Å². The van der Waals surface area contributed by atoms with Gasteiger partial charge in [0.15, 0.2) is 0 Å². The molecule has 0 heterocycles. The molecule has 3 rings (SSSR count). The van der Waals surface area contributed by atoms with Gasteiger partial charge in [-0.3, -0.25) is 0 Å². The number of nitrogens with zero attached hydrogens (tertiary/aromatic N) is 1. The lowest BCUT2D eigenvalue weighted by atomic mass is 9.96. The number of ether oxygens (including phenoxy) is 1. The maximum absolute atomic E-state index is 12.1. The van der Waals surface area contributed by atoms with Gasteiger partial charge in [0.25, 0.3) is 0 Å². The molecule has 1 amide bonds. The lowest BCUT2D eigenvalue weighted by Gasteiger charge is -2.24. The number of amides is 1. The Bertz CT molecular complexity index is 635. The molecule has 3 nitrogen and oxygen atoms in total. The summed E-state index contributed by atoms with van der Waals surface area (Å²) in [5, 5.41) is 0. The van der Waals surface area contributed by atoms with Crippen LogP contribution in [0.5, 0.6) is 0 Å². The summed E-state index contributed by atoms with van der Waals surface area (Å²) >= 11 is 0. The van der Waals surface area contributed by atoms with Crippen molar-refractivity contribution in [1.82, 2.24) is 4.90 Å². The maximum Gasteiger partial charge on any atom is 0.409 e. The summed E-state index contributed by atoms with van der Waals surface area (Å²) < 4.78 is 5.17. The molecule has 0 bridgehead atoms. The Balaban J connectivity index is 1.95. The van der Waals surface area contributed by atoms with Crippen LogP contribution in [0.1, 0.15) is 30.9 Å². The fourth-order valence-electron chi connectivity index (χ4n) is 3.22. The molecule has 1 aliphatic carbocycles. The Labute approximate surface area is 131 Å². The van der Waals surface area contributed by atoms with Crippen LogP contribution >= 0.6 is 0 Å². The average molecular weight is 295 g/mol. The highest BCUT2D eigenvalue weighted by Gasteiger charge is 2.30. The number of rotatable bonds is 4. The second-order valence-corrected chi connectivity index (χ2v) is 5.46. The first kappa shape index (κ1) is 14.6. The highest BCUT2D eigenvalue weighted by Crippen LogP contribution is 2.44. The smallest absolute Gasteiger partial charge is 0.409 e. The summed E-state index contributed by atoms with van der Waals surface area (Å²) in [6.45, 7) is 5.55. The molecule has 0 fully saturated rings. The van der Waals surface area contributed by atoms with Crippen molar-refractivity contribution >= 4 is 6.09 Å². The second kappa shape index (κ2) is 6.22. The van der Waals surface area contributed by atoms with Crippen LogP contribution < -0.4 is 0 Å². The molecular formula is C19H21NO2. The van der Waals surface area contributed by atoms with Gasteiger partial charge in [-0.25, -0.2) is 4.79 Å². The first-order chi connectivity index (χ1) is 10.8. The lowest BCUT2D eigenvalue weighted by molar-refractivity contribution is 0.108. The molecule has 0 N–H and O–H groups in total. The van der Waals surface area contributed by atoms with Crippen molar-refractivity contribution in [2.75, 3.05) is 19.7 Å². The van der Waals surface area contributed by atoms with Gasteiger partial charge in [-0.2, -0.15) is 0 Å². The van der Waals surface area contributed by atoms with Crippen molar-refractivity contribution in [2.45, 2.75) is 19.8 Å². The zero-order chi connectivity index (χ0) is 15.5. The van der Waals surface area contributed by atoms with E-state index < -0.39 is 0 Å². The molecule has 1 aliphatic rings. The standard InChI is InChI=1S/C19H21NO2/c1-3-20(19(21)22-4-2)13-18-16-11-7-5-9-14(16)15-10-6-8-12-17(15)18/h5-12,18H,3-4,13H2,1-2H3. The molecular weight excluding hydrogens is 274 g/mol. The van der Waals surface area contributed by atoms with Crippen LogP contribution in [0.25, 0.3) is 11.1 Å². The molecule has 0 radical (unpaired) electrons. The largest absolute Gasteiger partial charge is 0.450 e. The van der Waals surface area contributed by atoms with E-state index in [4.69, 9.17) is 4.74 Å². The van der Waals surface area contributed by atoms with E-state index in [1.54, 1.807) is 4.90 Å². The van der Waals surface area contributed by atoms with E-state index in [2.05, 4.69) is 48.5 Å². The number of carbonyl (C=O) groups is 1. The molecule has 0 saturated heterocycles. The van der Waals surface area contributed by atoms with Crippen molar-refractivity contribution in [3.8, 4) is 11.1 Å². The Hall–Kier alpha value is -2.29. The van der Waals surface area contributed by atoms with Gasteiger partial charge >= 0.3 is 6.09 Å². The van der Waals surface area contributed by atoms with Crippen molar-refractivity contribution in [3.63, 3.8) is 0 Å². The van der Waals surface area contributed by atoms with Crippen LogP contribution in [-0.4, -0.2) is 30.7 Å². The number of carbonyl (C=O) groups excluding carboxylic acids is 1. The zero-order valence-electron chi connectivity index (χ0n) is 13.1. The highest BCUT2D eigenvalue weighted by molar-refractivity contribution is 5.79. The lowest BCUT2D eigenvalue weighted by Crippen LogP contribution is -2.35. The minimum Gasteiger partial charge on any atom is -0.450 e. The summed E-state index contributed by atoms with van der Waals surface area (Å²) in [5.41, 5.74) is 5.16. The third-order valence-corrected chi connectivity index (χ3v) is 4.27. The summed E-state index contributed by atoms with van der Waals surface area (Å²) in [6, 6.07) is 16.9. The van der Waals surface area contributed by atoms with Gasteiger partial charge in [0.05, 0.1) is 6.61 Å². The normalized spacial score (nSPS) is 12.6. The average Bonchev–Trinajstić information content (AvgIpc) is 2.87. The van der Waals surface area contributed by atoms with E-state index >= 15 is 0 Å². The maximum atomic E-state index is 12.1. The minimum absolute atomic E-state index is 0.219. The quantitative estimate of drug-likeness (QED) is 0.842. The van der Waals surface area contributed by atoms with E-state index in [9.17, 15) is 4.79 Å². The Morgan fingerprint density at radius 3 is 2.05 bits per heavy atom. The van der Waals surface area contributed by atoms with Crippen LogP contribution in [0.3, 0.4) is 0 Å². The topological polar surface area (TPSA) is 29.5 Å². The van der Waals surface area contributed by atoms with Gasteiger partial charge in [0.2, 0.25) is 0 Å². The molecule has 0 atom stereocenters. The Morgan fingerprint density at radius 1 is 1.00 bits per heavy atom. The van der Waals surface area contributed by atoms with E-state index in [1.807, 2.05) is 13.8 Å². The number of hydrogen-bond donors (Lipinski definition) is 0. The van der Waals surface area contributed by atoms with Crippen LogP contribution in [0.4, 0.5) is 4.79 Å². The van der Waals surface area contributed by atoms with Gasteiger partial charge in [-0.15, -0.1) is 0 Å². The van der Waals surface area contributed by atoms with E-state index in [0.29, 0.717) is 19.7 Å². The molecule has 114 valence electrons. The number of hydrogen-bond acceptors (Lipinski definition) is 2. The highest BCUT2D eigenvalue weighted by atomic mass is 16.6. The van der Waals surface area contributed by atoms with Gasteiger partial charge in [-0.1, -0.05) is 48.5 Å². The Morgan fingerprint density at radius 2 is 1.55 bits per heavy atom. The molecule has 0 unspecified atom stereocenters. The molecule has 22 heavy (non-hydrogen) atoms. The third-order valence-electron chi connectivity index (χ3n) is 4.27. The monoisotopic (exact) mass is 295 g/mol. The van der Waals surface area contributed by atoms with E-state index in [-0.39, 0.29) is 12.0 Å². The SMILES string of the molecule is CCOC(=O)N(CC)CC1c2ccccc2-c2ccccc21. The number of likely N-dealkylation sites (N-methyl/N-ethyl adjacent to an activating group) is 1. The van der Waals surface area contributed by atoms with Crippen LogP contribution in [0.2, 0.25) is 0 Å². The fourth-order valence-corrected chi connectivity index (χ4v) is 3.22.